The average Bonchev–Trinajstić information content (AvgIpc) is 3.40. The maximum Gasteiger partial charge on any atom is 0.409 e. The highest BCUT2D eigenvalue weighted by atomic mass is 32.1. The number of hydrogen-bond acceptors (Lipinski definition) is 7. The minimum Gasteiger partial charge on any atom is -0.497 e. The molecule has 0 radical (unpaired) electrons. The van der Waals surface area contributed by atoms with Crippen LogP contribution < -0.4 is 10.1 Å². The Kier molecular flexibility index (Phi) is 7.13. The molecule has 3 saturated heterocycles. The number of hydrogen-bond donors (Lipinski definition) is 2. The van der Waals surface area contributed by atoms with Crippen LogP contribution in [0.5, 0.6) is 5.75 Å². The van der Waals surface area contributed by atoms with Gasteiger partial charge in [0.2, 0.25) is 0 Å². The lowest BCUT2D eigenvalue weighted by Gasteiger charge is -2.44. The Labute approximate surface area is 226 Å². The smallest absolute Gasteiger partial charge is 0.409 e. The first-order valence-corrected chi connectivity index (χ1v) is 14.0. The number of carbonyl (C=O) groups excluding carboxylic acids is 2. The van der Waals surface area contributed by atoms with E-state index in [-0.39, 0.29) is 11.9 Å². The molecule has 0 aliphatic carbocycles. The molecule has 2 aromatic rings. The van der Waals surface area contributed by atoms with Crippen LogP contribution in [0.1, 0.15) is 56.3 Å². The van der Waals surface area contributed by atoms with Crippen molar-refractivity contribution in [3.63, 3.8) is 0 Å². The maximum absolute atomic E-state index is 13.6. The number of carboxylic acid groups (broad SMARTS) is 1. The normalized spacial score (nSPS) is 23.9. The molecule has 3 fully saturated rings. The standard InChI is InChI=1S/C28H35N3O6S/c1-27(2)16-28(25(33)37-27)10-5-11-31(17-28)19-8-12-30(13-9-19)24(32)21-15-22(38-23(21)29-26(34)35)18-6-4-7-20(14-18)36-3/h4,6-7,14-15,19,29H,5,8-13,16-17H2,1-3H3,(H,34,35). The Hall–Kier alpha value is -3.11. The summed E-state index contributed by atoms with van der Waals surface area (Å²) in [7, 11) is 1.59. The van der Waals surface area contributed by atoms with Crippen molar-refractivity contribution >= 4 is 34.3 Å². The summed E-state index contributed by atoms with van der Waals surface area (Å²) in [6, 6.07) is 9.54. The number of nitrogens with zero attached hydrogens (tertiary/aromatic N) is 2. The number of methoxy groups -OCH3 is 1. The minimum atomic E-state index is -1.20. The van der Waals surface area contributed by atoms with Gasteiger partial charge in [0.1, 0.15) is 16.4 Å². The van der Waals surface area contributed by atoms with Gasteiger partial charge in [-0.3, -0.25) is 19.8 Å². The summed E-state index contributed by atoms with van der Waals surface area (Å²) in [5, 5.41) is 12.1. The molecular weight excluding hydrogens is 506 g/mol. The molecule has 2 N–H and O–H groups in total. The molecule has 204 valence electrons. The molecule has 2 amide bonds. The molecule has 3 aliphatic heterocycles. The summed E-state index contributed by atoms with van der Waals surface area (Å²) in [5.74, 6) is 0.448. The topological polar surface area (TPSA) is 108 Å². The van der Waals surface area contributed by atoms with Crippen LogP contribution in [0.25, 0.3) is 10.4 Å². The number of thiophene rings is 1. The van der Waals surface area contributed by atoms with E-state index in [1.54, 1.807) is 13.2 Å². The van der Waals surface area contributed by atoms with E-state index >= 15 is 0 Å². The fourth-order valence-corrected chi connectivity index (χ4v) is 7.37. The van der Waals surface area contributed by atoms with Crippen molar-refractivity contribution in [1.82, 2.24) is 9.80 Å². The molecule has 1 aromatic heterocycles. The molecule has 5 rings (SSSR count). The second-order valence-electron chi connectivity index (χ2n) is 11.2. The van der Waals surface area contributed by atoms with Crippen molar-refractivity contribution in [1.29, 1.82) is 0 Å². The van der Waals surface area contributed by atoms with Crippen LogP contribution in [-0.4, -0.2) is 77.8 Å². The molecule has 0 saturated carbocycles. The minimum absolute atomic E-state index is 0.0671. The third-order valence-electron chi connectivity index (χ3n) is 7.98. The number of piperidine rings is 2. The number of anilines is 1. The van der Waals surface area contributed by atoms with Gasteiger partial charge in [0.05, 0.1) is 18.1 Å². The Morgan fingerprint density at radius 3 is 2.61 bits per heavy atom. The van der Waals surface area contributed by atoms with Crippen LogP contribution in [0.4, 0.5) is 9.80 Å². The van der Waals surface area contributed by atoms with Crippen molar-refractivity contribution in [2.75, 3.05) is 38.6 Å². The number of cyclic esters (lactones) is 1. The third kappa shape index (κ3) is 5.24. The molecule has 3 aliphatic rings. The summed E-state index contributed by atoms with van der Waals surface area (Å²) in [6.45, 7) is 6.81. The Bertz CT molecular complexity index is 1230. The SMILES string of the molecule is COc1cccc(-c2cc(C(=O)N3CCC(N4CCCC5(C4)CC(C)(C)OC5=O)CC3)c(NC(=O)O)s2)c1. The fraction of sp³-hybridized carbons (Fsp3) is 0.536. The summed E-state index contributed by atoms with van der Waals surface area (Å²) in [5.41, 5.74) is 0.385. The summed E-state index contributed by atoms with van der Waals surface area (Å²) < 4.78 is 11.0. The van der Waals surface area contributed by atoms with Gasteiger partial charge in [0, 0.05) is 37.0 Å². The highest BCUT2D eigenvalue weighted by Crippen LogP contribution is 2.47. The van der Waals surface area contributed by atoms with Crippen molar-refractivity contribution < 1.29 is 29.0 Å². The van der Waals surface area contributed by atoms with Crippen molar-refractivity contribution in [2.45, 2.75) is 57.6 Å². The van der Waals surface area contributed by atoms with E-state index in [0.29, 0.717) is 35.4 Å². The van der Waals surface area contributed by atoms with Gasteiger partial charge in [0.15, 0.2) is 0 Å². The Balaban J connectivity index is 1.28. The number of amides is 2. The van der Waals surface area contributed by atoms with Crippen molar-refractivity contribution in [3.05, 3.63) is 35.9 Å². The molecular formula is C28H35N3O6S. The largest absolute Gasteiger partial charge is 0.497 e. The number of ether oxygens (including phenoxy) is 2. The van der Waals surface area contributed by atoms with E-state index in [4.69, 9.17) is 9.47 Å². The maximum atomic E-state index is 13.6. The van der Waals surface area contributed by atoms with Gasteiger partial charge in [-0.25, -0.2) is 4.79 Å². The van der Waals surface area contributed by atoms with Crippen LogP contribution in [0, 0.1) is 5.41 Å². The second kappa shape index (κ2) is 10.2. The first kappa shape index (κ1) is 26.5. The Morgan fingerprint density at radius 1 is 1.18 bits per heavy atom. The van der Waals surface area contributed by atoms with Crippen LogP contribution >= 0.6 is 11.3 Å². The van der Waals surface area contributed by atoms with E-state index in [1.165, 1.54) is 11.3 Å². The first-order valence-electron chi connectivity index (χ1n) is 13.1. The first-order chi connectivity index (χ1) is 18.1. The zero-order chi connectivity index (χ0) is 27.1. The molecule has 1 aromatic carbocycles. The Morgan fingerprint density at radius 2 is 1.95 bits per heavy atom. The van der Waals surface area contributed by atoms with E-state index < -0.39 is 17.1 Å². The lowest BCUT2D eigenvalue weighted by atomic mass is 9.74. The van der Waals surface area contributed by atoms with Crippen LogP contribution in [0.15, 0.2) is 30.3 Å². The van der Waals surface area contributed by atoms with Crippen LogP contribution in [-0.2, 0) is 9.53 Å². The molecule has 1 unspecified atom stereocenters. The van der Waals surface area contributed by atoms with Gasteiger partial charge in [-0.2, -0.15) is 0 Å². The number of likely N-dealkylation sites (tertiary alicyclic amines) is 2. The van der Waals surface area contributed by atoms with E-state index in [9.17, 15) is 19.5 Å². The lowest BCUT2D eigenvalue weighted by molar-refractivity contribution is -0.154. The zero-order valence-corrected chi connectivity index (χ0v) is 22.9. The van der Waals surface area contributed by atoms with Crippen LogP contribution in [0.3, 0.4) is 0 Å². The number of esters is 1. The van der Waals surface area contributed by atoms with Crippen molar-refractivity contribution in [3.8, 4) is 16.2 Å². The van der Waals surface area contributed by atoms with Gasteiger partial charge < -0.3 is 19.5 Å². The van der Waals surface area contributed by atoms with E-state index in [2.05, 4.69) is 10.2 Å². The fourth-order valence-electron chi connectivity index (χ4n) is 6.34. The van der Waals surface area contributed by atoms with Gasteiger partial charge >= 0.3 is 12.1 Å². The quantitative estimate of drug-likeness (QED) is 0.517. The number of benzene rings is 1. The monoisotopic (exact) mass is 541 g/mol. The van der Waals surface area contributed by atoms with Gasteiger partial charge in [-0.15, -0.1) is 11.3 Å². The van der Waals surface area contributed by atoms with E-state index in [0.717, 1.165) is 55.6 Å². The molecule has 4 heterocycles. The van der Waals surface area contributed by atoms with Gasteiger partial charge in [-0.1, -0.05) is 12.1 Å². The molecule has 9 nitrogen and oxygen atoms in total. The number of carbonyl (C=O) groups is 3. The zero-order valence-electron chi connectivity index (χ0n) is 22.1. The molecule has 1 atom stereocenters. The summed E-state index contributed by atoms with van der Waals surface area (Å²) >= 11 is 1.24. The highest BCUT2D eigenvalue weighted by molar-refractivity contribution is 7.20. The average molecular weight is 542 g/mol. The number of rotatable bonds is 5. The molecule has 38 heavy (non-hydrogen) atoms. The van der Waals surface area contributed by atoms with Gasteiger partial charge in [-0.05, 0) is 69.8 Å². The molecule has 0 bridgehead atoms. The van der Waals surface area contributed by atoms with E-state index in [1.807, 2.05) is 43.0 Å². The lowest BCUT2D eigenvalue weighted by Crippen LogP contribution is -2.53. The summed E-state index contributed by atoms with van der Waals surface area (Å²) in [6.07, 6.45) is 3.01. The summed E-state index contributed by atoms with van der Waals surface area (Å²) in [4.78, 5) is 42.9. The predicted molar refractivity (Wildman–Crippen MR) is 145 cm³/mol. The predicted octanol–water partition coefficient (Wildman–Crippen LogP) is 4.93. The van der Waals surface area contributed by atoms with Crippen molar-refractivity contribution in [2.24, 2.45) is 5.41 Å². The third-order valence-corrected chi connectivity index (χ3v) is 9.08. The van der Waals surface area contributed by atoms with Gasteiger partial charge in [0.25, 0.3) is 5.91 Å². The van der Waals surface area contributed by atoms with Crippen LogP contribution in [0.2, 0.25) is 0 Å². The molecule has 1 spiro atoms. The highest BCUT2D eigenvalue weighted by Gasteiger charge is 2.54. The number of nitrogens with one attached hydrogen (secondary N) is 1. The second-order valence-corrected chi connectivity index (χ2v) is 12.3. The molecule has 10 heteroatoms.